The monoisotopic (exact) mass is 376 g/mol. The molecule has 1 aliphatic rings. The van der Waals surface area contributed by atoms with E-state index in [-0.39, 0.29) is 0 Å². The van der Waals surface area contributed by atoms with Gasteiger partial charge in [0.2, 0.25) is 0 Å². The van der Waals surface area contributed by atoms with E-state index in [0.717, 1.165) is 5.92 Å². The van der Waals surface area contributed by atoms with E-state index in [1.165, 1.54) is 128 Å². The molecule has 2 atom stereocenters. The van der Waals surface area contributed by atoms with Gasteiger partial charge in [-0.15, -0.1) is 6.01 Å². The van der Waals surface area contributed by atoms with E-state index in [9.17, 15) is 0 Å². The van der Waals surface area contributed by atoms with Crippen LogP contribution in [0.1, 0.15) is 110 Å². The molecule has 4 heteroatoms. The lowest BCUT2D eigenvalue weighted by Gasteiger charge is -2.12. The summed E-state index contributed by atoms with van der Waals surface area (Å²) >= 11 is 0. The standard InChI is InChI=1S/C21H43N.C2N3/c1-3-4-5-6-7-8-9-10-11-12-13-14-15-16-18-22-19-17-21(2)20-22;3-1-5-2-4/h21H,3-20H2,1-2H3;/q;-1/p+1. The number of nitriles is 1. The molecule has 1 heterocycles. The Morgan fingerprint density at radius 1 is 0.889 bits per heavy atom. The van der Waals surface area contributed by atoms with Gasteiger partial charge >= 0.3 is 0 Å². The van der Waals surface area contributed by atoms with Gasteiger partial charge in [0.25, 0.3) is 0 Å². The van der Waals surface area contributed by atoms with E-state index in [0.29, 0.717) is 0 Å². The first-order chi connectivity index (χ1) is 13.2. The number of rotatable bonds is 15. The van der Waals surface area contributed by atoms with Gasteiger partial charge in [-0.25, -0.2) is 0 Å². The van der Waals surface area contributed by atoms with Crippen molar-refractivity contribution in [1.29, 1.82) is 5.26 Å². The summed E-state index contributed by atoms with van der Waals surface area (Å²) in [5.41, 5.74) is 0. The van der Waals surface area contributed by atoms with Crippen molar-refractivity contribution in [2.75, 3.05) is 19.6 Å². The molecule has 0 aliphatic carbocycles. The van der Waals surface area contributed by atoms with Crippen LogP contribution in [0.2, 0.25) is 0 Å². The number of nitrogens with one attached hydrogen (secondary N) is 1. The van der Waals surface area contributed by atoms with Crippen LogP contribution in [0.25, 0.3) is 5.41 Å². The van der Waals surface area contributed by atoms with Crippen molar-refractivity contribution in [1.82, 2.24) is 0 Å². The van der Waals surface area contributed by atoms with Gasteiger partial charge in [0.15, 0.2) is 0 Å². The molecule has 0 aromatic heterocycles. The highest BCUT2D eigenvalue weighted by atomic mass is 15.1. The van der Waals surface area contributed by atoms with E-state index >= 15 is 0 Å². The molecule has 1 rings (SSSR count). The highest BCUT2D eigenvalue weighted by Crippen LogP contribution is 2.12. The molecule has 0 bridgehead atoms. The van der Waals surface area contributed by atoms with Crippen LogP contribution >= 0.6 is 0 Å². The van der Waals surface area contributed by atoms with Gasteiger partial charge in [-0.1, -0.05) is 90.9 Å². The Hall–Kier alpha value is -1.17. The zero-order chi connectivity index (χ0) is 20.0. The average Bonchev–Trinajstić information content (AvgIpc) is 3.08. The second-order valence-corrected chi connectivity index (χ2v) is 8.26. The number of nitrogens with zero attached hydrogens (tertiary/aromatic N) is 3. The maximum absolute atomic E-state index is 7.43. The lowest BCUT2D eigenvalue weighted by Crippen LogP contribution is -3.10. The van der Waals surface area contributed by atoms with Gasteiger partial charge in [-0.05, 0) is 12.8 Å². The molecule has 1 saturated heterocycles. The van der Waals surface area contributed by atoms with Crippen LogP contribution in [-0.2, 0) is 0 Å². The predicted octanol–water partition coefficient (Wildman–Crippen LogP) is 5.60. The van der Waals surface area contributed by atoms with E-state index in [4.69, 9.17) is 10.7 Å². The number of quaternary nitrogens is 1. The molecular weight excluding hydrogens is 332 g/mol. The van der Waals surface area contributed by atoms with E-state index in [1.54, 1.807) is 0 Å². The Kier molecular flexibility index (Phi) is 20.2. The molecule has 0 aromatic carbocycles. The highest BCUT2D eigenvalue weighted by Gasteiger charge is 2.21. The molecule has 2 unspecified atom stereocenters. The zero-order valence-corrected chi connectivity index (χ0v) is 18.1. The van der Waals surface area contributed by atoms with Crippen molar-refractivity contribution in [2.24, 2.45) is 10.9 Å². The number of hydrogen-bond acceptors (Lipinski definition) is 2. The first-order valence-corrected chi connectivity index (χ1v) is 11.6. The number of aliphatic imine (C=N–C) groups is 1. The molecule has 27 heavy (non-hydrogen) atoms. The van der Waals surface area contributed by atoms with Crippen molar-refractivity contribution in [2.45, 2.75) is 110 Å². The molecule has 1 N–H and O–H groups in total. The van der Waals surface area contributed by atoms with Crippen LogP contribution in [-0.4, -0.2) is 25.6 Å². The Bertz CT molecular complexity index is 396. The van der Waals surface area contributed by atoms with E-state index in [2.05, 4.69) is 18.8 Å². The lowest BCUT2D eigenvalue weighted by atomic mass is 10.0. The van der Waals surface area contributed by atoms with Gasteiger partial charge in [0.05, 0.1) is 25.8 Å². The van der Waals surface area contributed by atoms with Crippen molar-refractivity contribution >= 4 is 6.01 Å². The molecule has 1 fully saturated rings. The minimum absolute atomic E-state index is 0.988. The van der Waals surface area contributed by atoms with Gasteiger partial charge in [-0.2, -0.15) is 5.26 Å². The van der Waals surface area contributed by atoms with Gasteiger partial charge in [-0.3, -0.25) is 0 Å². The Balaban J connectivity index is 0.00000119. The summed E-state index contributed by atoms with van der Waals surface area (Å²) in [6.07, 6.45) is 23.4. The maximum atomic E-state index is 7.43. The number of hydrogen-bond donors (Lipinski definition) is 1. The second-order valence-electron chi connectivity index (χ2n) is 8.26. The maximum Gasteiger partial charge on any atom is 0.0925 e. The largest absolute Gasteiger partial charge is 0.422 e. The fourth-order valence-corrected chi connectivity index (χ4v) is 3.97. The molecule has 4 nitrogen and oxygen atoms in total. The summed E-state index contributed by atoms with van der Waals surface area (Å²) in [6.45, 7) is 9.05. The first-order valence-electron chi connectivity index (χ1n) is 11.6. The Morgan fingerprint density at radius 3 is 1.70 bits per heavy atom. The fraction of sp³-hybridized carbons (Fsp3) is 0.913. The van der Waals surface area contributed by atoms with E-state index < -0.39 is 0 Å². The molecule has 1 aliphatic heterocycles. The van der Waals surface area contributed by atoms with Crippen LogP contribution in [0.3, 0.4) is 0 Å². The summed E-state index contributed by atoms with van der Waals surface area (Å²) < 4.78 is 0. The number of unbranched alkanes of at least 4 members (excludes halogenated alkanes) is 13. The fourth-order valence-electron chi connectivity index (χ4n) is 3.97. The minimum Gasteiger partial charge on any atom is -0.422 e. The normalized spacial score (nSPS) is 18.3. The SMILES string of the molecule is CCCCCCCCCCCCCCCC[NH+]1CCC(C)C1.N#CN=C=[N-]. The molecular formula is C23H44N4. The average molecular weight is 377 g/mol. The summed E-state index contributed by atoms with van der Waals surface area (Å²) in [5.74, 6) is 0.988. The first kappa shape index (κ1) is 25.8. The third-order valence-corrected chi connectivity index (χ3v) is 5.61. The third-order valence-electron chi connectivity index (χ3n) is 5.61. The van der Waals surface area contributed by atoms with E-state index in [1.807, 2.05) is 4.90 Å². The molecule has 0 aromatic rings. The smallest absolute Gasteiger partial charge is 0.0925 e. The van der Waals surface area contributed by atoms with Crippen LogP contribution in [0, 0.1) is 17.4 Å². The second kappa shape index (κ2) is 21.1. The molecule has 156 valence electrons. The summed E-state index contributed by atoms with van der Waals surface area (Å²) in [4.78, 5) is 4.46. The predicted molar refractivity (Wildman–Crippen MR) is 116 cm³/mol. The van der Waals surface area contributed by atoms with Gasteiger partial charge in [0, 0.05) is 12.3 Å². The van der Waals surface area contributed by atoms with Crippen LogP contribution in [0.5, 0.6) is 0 Å². The van der Waals surface area contributed by atoms with Gasteiger partial charge in [0.1, 0.15) is 0 Å². The van der Waals surface area contributed by atoms with Crippen molar-refractivity contribution < 1.29 is 4.90 Å². The molecule has 0 radical (unpaired) electrons. The molecule has 0 saturated carbocycles. The molecule has 0 amide bonds. The van der Waals surface area contributed by atoms with Crippen molar-refractivity contribution in [3.63, 3.8) is 0 Å². The van der Waals surface area contributed by atoms with Crippen molar-refractivity contribution in [3.05, 3.63) is 5.41 Å². The summed E-state index contributed by atoms with van der Waals surface area (Å²) in [5, 5.41) is 14.9. The van der Waals surface area contributed by atoms with Gasteiger partial charge < -0.3 is 15.3 Å². The highest BCUT2D eigenvalue weighted by molar-refractivity contribution is 5.46. The topological polar surface area (TPSA) is 62.9 Å². The van der Waals surface area contributed by atoms with Crippen LogP contribution in [0.4, 0.5) is 0 Å². The van der Waals surface area contributed by atoms with Crippen LogP contribution in [0.15, 0.2) is 4.99 Å². The minimum atomic E-state index is 0.988. The quantitative estimate of drug-likeness (QED) is 0.225. The number of likely N-dealkylation sites (tertiary alicyclic amines) is 1. The summed E-state index contributed by atoms with van der Waals surface area (Å²) in [7, 11) is 0. The zero-order valence-electron chi connectivity index (χ0n) is 18.1. The van der Waals surface area contributed by atoms with Crippen LogP contribution < -0.4 is 4.90 Å². The Morgan fingerprint density at radius 2 is 1.37 bits per heavy atom. The third kappa shape index (κ3) is 19.4. The van der Waals surface area contributed by atoms with Crippen molar-refractivity contribution in [3.8, 4) is 6.19 Å². The Labute approximate surface area is 169 Å². The summed E-state index contributed by atoms with van der Waals surface area (Å²) in [6, 6.07) is 1.28. The molecule has 0 spiro atoms. The lowest BCUT2D eigenvalue weighted by molar-refractivity contribution is -0.889.